The first kappa shape index (κ1) is 16.3. The van der Waals surface area contributed by atoms with Gasteiger partial charge in [-0.2, -0.15) is 0 Å². The van der Waals surface area contributed by atoms with E-state index in [2.05, 4.69) is 5.32 Å². The van der Waals surface area contributed by atoms with E-state index in [0.717, 1.165) is 0 Å². The summed E-state index contributed by atoms with van der Waals surface area (Å²) in [4.78, 5) is 11.9. The molecule has 0 bridgehead atoms. The molecule has 19 heavy (non-hydrogen) atoms. The molecule has 1 rings (SSSR count). The molecule has 1 aliphatic carbocycles. The van der Waals surface area contributed by atoms with Crippen molar-refractivity contribution in [2.75, 3.05) is 13.2 Å². The maximum Gasteiger partial charge on any atom is 0.407 e. The van der Waals surface area contributed by atoms with Gasteiger partial charge in [0.25, 0.3) is 0 Å². The Morgan fingerprint density at radius 2 is 1.89 bits per heavy atom. The van der Waals surface area contributed by atoms with E-state index in [9.17, 15) is 4.79 Å². The summed E-state index contributed by atoms with van der Waals surface area (Å²) >= 11 is 0. The van der Waals surface area contributed by atoms with Crippen LogP contribution in [0.25, 0.3) is 0 Å². The van der Waals surface area contributed by atoms with Gasteiger partial charge in [0.1, 0.15) is 5.60 Å². The van der Waals surface area contributed by atoms with E-state index in [1.807, 2.05) is 27.7 Å². The molecule has 1 atom stereocenters. The molecule has 4 nitrogen and oxygen atoms in total. The molecule has 0 radical (unpaired) electrons. The minimum atomic E-state index is -0.452. The van der Waals surface area contributed by atoms with Crippen LogP contribution in [-0.4, -0.2) is 30.9 Å². The van der Waals surface area contributed by atoms with Crippen molar-refractivity contribution in [3.05, 3.63) is 0 Å². The lowest BCUT2D eigenvalue weighted by molar-refractivity contribution is 0.0380. The Morgan fingerprint density at radius 3 is 2.42 bits per heavy atom. The SMILES string of the molecule is CCOC[C@@H](NC(=O)OC(C)(C)C)C1CCCCC1. The molecular formula is C15H29NO3. The second-order valence-electron chi connectivity index (χ2n) is 6.31. The Kier molecular flexibility index (Phi) is 6.63. The standard InChI is InChI=1S/C15H29NO3/c1-5-18-11-13(12-9-7-6-8-10-12)16-14(17)19-15(2,3)4/h12-13H,5-11H2,1-4H3,(H,16,17)/t13-/m1/s1. The predicted octanol–water partition coefficient (Wildman–Crippen LogP) is 3.50. The molecule has 0 unspecified atom stereocenters. The van der Waals surface area contributed by atoms with Crippen LogP contribution in [0.4, 0.5) is 4.79 Å². The number of amides is 1. The summed E-state index contributed by atoms with van der Waals surface area (Å²) in [7, 11) is 0. The highest BCUT2D eigenvalue weighted by atomic mass is 16.6. The maximum atomic E-state index is 11.9. The molecule has 0 aromatic carbocycles. The fraction of sp³-hybridized carbons (Fsp3) is 0.933. The summed E-state index contributed by atoms with van der Waals surface area (Å²) < 4.78 is 10.8. The zero-order chi connectivity index (χ0) is 14.3. The second-order valence-corrected chi connectivity index (χ2v) is 6.31. The number of carbonyl (C=O) groups excluding carboxylic acids is 1. The van der Waals surface area contributed by atoms with Crippen molar-refractivity contribution in [1.29, 1.82) is 0 Å². The molecule has 112 valence electrons. The minimum Gasteiger partial charge on any atom is -0.444 e. The van der Waals surface area contributed by atoms with E-state index in [0.29, 0.717) is 19.1 Å². The lowest BCUT2D eigenvalue weighted by atomic mass is 9.84. The van der Waals surface area contributed by atoms with E-state index in [1.54, 1.807) is 0 Å². The number of hydrogen-bond acceptors (Lipinski definition) is 3. The lowest BCUT2D eigenvalue weighted by Gasteiger charge is -2.31. The Balaban J connectivity index is 2.50. The average molecular weight is 271 g/mol. The van der Waals surface area contributed by atoms with Gasteiger partial charge in [-0.25, -0.2) is 4.79 Å². The fourth-order valence-electron chi connectivity index (χ4n) is 2.54. The largest absolute Gasteiger partial charge is 0.444 e. The van der Waals surface area contributed by atoms with E-state index >= 15 is 0 Å². The van der Waals surface area contributed by atoms with Gasteiger partial charge in [0.15, 0.2) is 0 Å². The minimum absolute atomic E-state index is 0.0788. The molecule has 1 aliphatic rings. The smallest absolute Gasteiger partial charge is 0.407 e. The second kappa shape index (κ2) is 7.73. The quantitative estimate of drug-likeness (QED) is 0.832. The summed E-state index contributed by atoms with van der Waals surface area (Å²) in [6, 6.07) is 0.0788. The summed E-state index contributed by atoms with van der Waals surface area (Å²) in [6.45, 7) is 8.88. The molecule has 1 amide bonds. The number of carbonyl (C=O) groups is 1. The fourth-order valence-corrected chi connectivity index (χ4v) is 2.54. The highest BCUT2D eigenvalue weighted by molar-refractivity contribution is 5.68. The third-order valence-corrected chi connectivity index (χ3v) is 3.42. The van der Waals surface area contributed by atoms with Crippen molar-refractivity contribution in [2.45, 2.75) is 71.4 Å². The van der Waals surface area contributed by atoms with Crippen molar-refractivity contribution in [1.82, 2.24) is 5.32 Å². The van der Waals surface area contributed by atoms with Crippen molar-refractivity contribution in [3.63, 3.8) is 0 Å². The third kappa shape index (κ3) is 6.81. The first-order valence-electron chi connectivity index (χ1n) is 7.49. The molecule has 1 fully saturated rings. The summed E-state index contributed by atoms with van der Waals surface area (Å²) in [5.74, 6) is 0.521. The topological polar surface area (TPSA) is 47.6 Å². The third-order valence-electron chi connectivity index (χ3n) is 3.42. The van der Waals surface area contributed by atoms with Gasteiger partial charge in [-0.1, -0.05) is 19.3 Å². The Labute approximate surface area is 117 Å². The van der Waals surface area contributed by atoms with Gasteiger partial charge in [0, 0.05) is 6.61 Å². The summed E-state index contributed by atoms with van der Waals surface area (Å²) in [5, 5.41) is 2.99. The van der Waals surface area contributed by atoms with E-state index in [4.69, 9.17) is 9.47 Å². The van der Waals surface area contributed by atoms with Crippen molar-refractivity contribution >= 4 is 6.09 Å². The molecule has 0 saturated heterocycles. The molecule has 1 N–H and O–H groups in total. The average Bonchev–Trinajstić information content (AvgIpc) is 2.33. The number of nitrogens with one attached hydrogen (secondary N) is 1. The zero-order valence-corrected chi connectivity index (χ0v) is 12.8. The van der Waals surface area contributed by atoms with Crippen LogP contribution in [-0.2, 0) is 9.47 Å². The molecule has 0 aromatic heterocycles. The van der Waals surface area contributed by atoms with Gasteiger partial charge < -0.3 is 14.8 Å². The molecular weight excluding hydrogens is 242 g/mol. The van der Waals surface area contributed by atoms with E-state index in [-0.39, 0.29) is 12.1 Å². The number of hydrogen-bond donors (Lipinski definition) is 1. The summed E-state index contributed by atoms with van der Waals surface area (Å²) in [5.41, 5.74) is -0.452. The van der Waals surface area contributed by atoms with Gasteiger partial charge in [-0.05, 0) is 46.5 Å². The molecule has 0 aromatic rings. The van der Waals surface area contributed by atoms with Crippen LogP contribution in [0, 0.1) is 5.92 Å². The maximum absolute atomic E-state index is 11.9. The number of rotatable bonds is 5. The first-order chi connectivity index (χ1) is 8.92. The normalized spacial score (nSPS) is 18.9. The van der Waals surface area contributed by atoms with Gasteiger partial charge in [-0.3, -0.25) is 0 Å². The van der Waals surface area contributed by atoms with Crippen LogP contribution in [0.1, 0.15) is 59.8 Å². The number of ether oxygens (including phenoxy) is 2. The highest BCUT2D eigenvalue weighted by Gasteiger charge is 2.27. The van der Waals surface area contributed by atoms with Crippen molar-refractivity contribution in [3.8, 4) is 0 Å². The van der Waals surface area contributed by atoms with Crippen LogP contribution >= 0.6 is 0 Å². The highest BCUT2D eigenvalue weighted by Crippen LogP contribution is 2.27. The Bertz CT molecular complexity index is 267. The van der Waals surface area contributed by atoms with Gasteiger partial charge in [-0.15, -0.1) is 0 Å². The van der Waals surface area contributed by atoms with Crippen molar-refractivity contribution < 1.29 is 14.3 Å². The molecule has 1 saturated carbocycles. The number of alkyl carbamates (subject to hydrolysis) is 1. The van der Waals surface area contributed by atoms with Gasteiger partial charge >= 0.3 is 6.09 Å². The van der Waals surface area contributed by atoms with E-state index in [1.165, 1.54) is 32.1 Å². The Morgan fingerprint density at radius 1 is 1.26 bits per heavy atom. The monoisotopic (exact) mass is 271 g/mol. The molecule has 0 aliphatic heterocycles. The van der Waals surface area contributed by atoms with Gasteiger partial charge in [0.2, 0.25) is 0 Å². The summed E-state index contributed by atoms with van der Waals surface area (Å²) in [6.07, 6.45) is 5.83. The molecule has 0 spiro atoms. The molecule has 4 heteroatoms. The van der Waals surface area contributed by atoms with Crippen LogP contribution in [0.3, 0.4) is 0 Å². The molecule has 0 heterocycles. The van der Waals surface area contributed by atoms with Crippen LogP contribution < -0.4 is 5.32 Å². The Hall–Kier alpha value is -0.770. The zero-order valence-electron chi connectivity index (χ0n) is 12.8. The van der Waals surface area contributed by atoms with Crippen LogP contribution in [0.15, 0.2) is 0 Å². The van der Waals surface area contributed by atoms with Crippen LogP contribution in [0.5, 0.6) is 0 Å². The van der Waals surface area contributed by atoms with Crippen molar-refractivity contribution in [2.24, 2.45) is 5.92 Å². The van der Waals surface area contributed by atoms with Gasteiger partial charge in [0.05, 0.1) is 12.6 Å². The van der Waals surface area contributed by atoms with E-state index < -0.39 is 5.60 Å². The predicted molar refractivity (Wildman–Crippen MR) is 76.2 cm³/mol. The first-order valence-corrected chi connectivity index (χ1v) is 7.49. The lowest BCUT2D eigenvalue weighted by Crippen LogP contribution is -2.46. The van der Waals surface area contributed by atoms with Crippen LogP contribution in [0.2, 0.25) is 0 Å².